The molecule has 60 heavy (non-hydrogen) atoms. The van der Waals surface area contributed by atoms with Crippen molar-refractivity contribution in [2.45, 2.75) is 91.9 Å². The first-order valence-electron chi connectivity index (χ1n) is 22.5. The molecule has 0 aliphatic carbocycles. The van der Waals surface area contributed by atoms with E-state index in [1.54, 1.807) is 0 Å². The maximum atomic E-state index is 2.57. The van der Waals surface area contributed by atoms with Gasteiger partial charge in [0, 0.05) is 22.7 Å². The average molecular weight is 817 g/mol. The van der Waals surface area contributed by atoms with Crippen LogP contribution in [0, 0.1) is 13.8 Å². The Balaban J connectivity index is 1.19. The molecule has 0 N–H and O–H groups in total. The number of aryl methyl sites for hydroxylation is 4. The third-order valence-corrected chi connectivity index (χ3v) is 14.5. The molecule has 0 atom stereocenters. The van der Waals surface area contributed by atoms with Gasteiger partial charge in [-0.25, -0.2) is 0 Å². The van der Waals surface area contributed by atoms with Crippen LogP contribution in [0.4, 0.5) is 22.7 Å². The Hall–Kier alpha value is -4.80. The van der Waals surface area contributed by atoms with Crippen LogP contribution in [-0.4, -0.2) is 33.0 Å². The molecule has 7 aromatic rings. The summed E-state index contributed by atoms with van der Waals surface area (Å²) < 4.78 is 4.79. The van der Waals surface area contributed by atoms with Crippen LogP contribution in [-0.2, 0) is 12.8 Å². The summed E-state index contributed by atoms with van der Waals surface area (Å²) in [6, 6.07) is 59.3. The summed E-state index contributed by atoms with van der Waals surface area (Å²) in [6.45, 7) is 9.12. The molecule has 2 nitrogen and oxygen atoms in total. The molecule has 0 radical (unpaired) electrons. The van der Waals surface area contributed by atoms with Crippen LogP contribution < -0.4 is 7.77 Å². The zero-order chi connectivity index (χ0) is 41.8. The highest BCUT2D eigenvalue weighted by molar-refractivity contribution is 6.22. The fraction of sp³-hybridized carbons (Fsp3) is 0.250. The summed E-state index contributed by atoms with van der Waals surface area (Å²) in [5, 5.41) is 0. The van der Waals surface area contributed by atoms with E-state index in [4.69, 9.17) is 0 Å². The topological polar surface area (TPSA) is 6.48 Å². The molecule has 0 aliphatic rings. The van der Waals surface area contributed by atoms with Gasteiger partial charge in [0.05, 0.1) is 0 Å². The van der Waals surface area contributed by atoms with Gasteiger partial charge in [-0.05, 0) is 155 Å². The molecule has 0 aromatic heterocycles. The third-order valence-electron chi connectivity index (χ3n) is 12.4. The third kappa shape index (κ3) is 10.6. The lowest BCUT2D eigenvalue weighted by Gasteiger charge is -2.23. The Morgan fingerprint density at radius 3 is 1.03 bits per heavy atom. The number of para-hydroxylation sites is 2. The minimum Gasteiger partial charge on any atom is -0.441 e. The average Bonchev–Trinajstić information content (AvgIpc) is 3.29. The van der Waals surface area contributed by atoms with Crippen LogP contribution in [0.2, 0.25) is 0 Å². The molecule has 0 aliphatic heterocycles. The van der Waals surface area contributed by atoms with Crippen molar-refractivity contribution < 1.29 is 0 Å². The molecule has 0 heterocycles. The lowest BCUT2D eigenvalue weighted by molar-refractivity contribution is 0.664. The summed E-state index contributed by atoms with van der Waals surface area (Å²) >= 11 is 1.85. The first kappa shape index (κ1) is 43.3. The summed E-state index contributed by atoms with van der Waals surface area (Å²) in [7, 11) is 0. The molecule has 0 bridgehead atoms. The predicted octanol–water partition coefficient (Wildman–Crippen LogP) is 14.6. The Morgan fingerprint density at radius 1 is 0.350 bits per heavy atom. The van der Waals surface area contributed by atoms with E-state index in [9.17, 15) is 0 Å². The number of hydrogen-bond donors (Lipinski definition) is 0. The monoisotopic (exact) mass is 816 g/mol. The largest absolute Gasteiger partial charge is 0.441 e. The number of anilines is 4. The molecular formula is C56H62Al2N2. The van der Waals surface area contributed by atoms with E-state index in [0.717, 1.165) is 45.9 Å². The molecule has 7 rings (SSSR count). The van der Waals surface area contributed by atoms with Crippen LogP contribution in [0.15, 0.2) is 158 Å². The SMILES string of the molecule is CCCCCCc1cc(-c2ccc(-c3ccc([N]([AlH2])c4ccccc4)cc3C)cc2)c(CCCCCC)cc1-c1ccc(-c2ccc([N]([AlH2])c3ccccc3)cc2C)cc1. The minimum atomic E-state index is 0.926. The first-order chi connectivity index (χ1) is 29.3. The van der Waals surface area contributed by atoms with E-state index in [2.05, 4.69) is 193 Å². The maximum absolute atomic E-state index is 2.57. The van der Waals surface area contributed by atoms with Gasteiger partial charge >= 0.3 is 33.0 Å². The molecule has 7 aromatic carbocycles. The van der Waals surface area contributed by atoms with Gasteiger partial charge in [0.25, 0.3) is 0 Å². The van der Waals surface area contributed by atoms with Crippen LogP contribution >= 0.6 is 0 Å². The highest BCUT2D eigenvalue weighted by atomic mass is 27.1. The molecule has 0 fully saturated rings. The van der Waals surface area contributed by atoms with Crippen molar-refractivity contribution in [1.82, 2.24) is 0 Å². The van der Waals surface area contributed by atoms with Gasteiger partial charge < -0.3 is 7.77 Å². The number of unbranched alkanes of at least 4 members (excludes halogenated alkanes) is 6. The summed E-state index contributed by atoms with van der Waals surface area (Å²) in [6.07, 6.45) is 12.3. The zero-order valence-corrected chi connectivity index (χ0v) is 41.0. The lowest BCUT2D eigenvalue weighted by Crippen LogP contribution is -2.11. The second-order valence-corrected chi connectivity index (χ2v) is 18.5. The number of nitrogens with zero attached hydrogens (tertiary/aromatic N) is 2. The lowest BCUT2D eigenvalue weighted by atomic mass is 9.86. The van der Waals surface area contributed by atoms with Gasteiger partial charge in [-0.3, -0.25) is 0 Å². The van der Waals surface area contributed by atoms with Crippen LogP contribution in [0.3, 0.4) is 0 Å². The van der Waals surface area contributed by atoms with Gasteiger partial charge in [0.2, 0.25) is 0 Å². The minimum absolute atomic E-state index is 0.926. The van der Waals surface area contributed by atoms with Crippen molar-refractivity contribution >= 4 is 55.8 Å². The normalized spacial score (nSPS) is 11.1. The smallest absolute Gasteiger partial charge is 0.370 e. The predicted molar refractivity (Wildman–Crippen MR) is 268 cm³/mol. The molecule has 0 amide bonds. The van der Waals surface area contributed by atoms with Crippen LogP contribution in [0.1, 0.15) is 87.5 Å². The van der Waals surface area contributed by atoms with Crippen molar-refractivity contribution in [3.8, 4) is 44.5 Å². The summed E-state index contributed by atoms with van der Waals surface area (Å²) in [4.78, 5) is 0. The first-order valence-corrected chi connectivity index (χ1v) is 24.3. The van der Waals surface area contributed by atoms with E-state index >= 15 is 0 Å². The van der Waals surface area contributed by atoms with E-state index in [0.29, 0.717) is 0 Å². The fourth-order valence-corrected chi connectivity index (χ4v) is 9.90. The Bertz CT molecular complexity index is 2270. The zero-order valence-electron chi connectivity index (χ0n) is 37.0. The van der Waals surface area contributed by atoms with Gasteiger partial charge in [-0.2, -0.15) is 0 Å². The summed E-state index contributed by atoms with van der Waals surface area (Å²) in [5.41, 5.74) is 21.2. The van der Waals surface area contributed by atoms with Crippen LogP contribution in [0.25, 0.3) is 44.5 Å². The standard InChI is InChI=1S/C56H58N2.2Al.4H/c1-5-7-9-13-19-47-39-56(46-31-27-44(28-32-46)54-36-34-52(38-42(54)4)58-50-23-17-12-18-24-50)48(20-14-10-8-6-2)40-55(47)45-29-25-43(26-30-45)53-35-33-51(37-41(53)3)57-49-21-15-11-16-22-49;;;;;;/h11-12,15-18,21-40H,5-10,13-14,19-20H2,1-4H3;;;;;;/q-2;2*+1;;;;. The van der Waals surface area contributed by atoms with Crippen molar-refractivity contribution in [1.29, 1.82) is 0 Å². The molecule has 4 heteroatoms. The second kappa shape index (κ2) is 21.1. The fourth-order valence-electron chi connectivity index (χ4n) is 8.75. The van der Waals surface area contributed by atoms with Gasteiger partial charge in [0.1, 0.15) is 0 Å². The van der Waals surface area contributed by atoms with E-state index in [-0.39, 0.29) is 0 Å². The molecule has 302 valence electrons. The van der Waals surface area contributed by atoms with E-state index in [1.165, 1.54) is 141 Å². The van der Waals surface area contributed by atoms with Gasteiger partial charge in [-0.1, -0.05) is 162 Å². The van der Waals surface area contributed by atoms with Crippen molar-refractivity contribution in [3.63, 3.8) is 0 Å². The molecular weight excluding hydrogens is 755 g/mol. The quantitative estimate of drug-likeness (QED) is 0.0629. The molecule has 0 unspecified atom stereocenters. The van der Waals surface area contributed by atoms with E-state index in [1.807, 2.05) is 0 Å². The van der Waals surface area contributed by atoms with Crippen molar-refractivity contribution in [3.05, 3.63) is 180 Å². The second-order valence-electron chi connectivity index (χ2n) is 16.7. The molecule has 0 spiro atoms. The number of rotatable bonds is 18. The molecule has 0 saturated heterocycles. The van der Waals surface area contributed by atoms with Gasteiger partial charge in [0.15, 0.2) is 0 Å². The number of benzene rings is 7. The van der Waals surface area contributed by atoms with Crippen molar-refractivity contribution in [2.75, 3.05) is 7.77 Å². The van der Waals surface area contributed by atoms with Crippen LogP contribution in [0.5, 0.6) is 0 Å². The Morgan fingerprint density at radius 2 is 0.700 bits per heavy atom. The van der Waals surface area contributed by atoms with Gasteiger partial charge in [-0.15, -0.1) is 0 Å². The highest BCUT2D eigenvalue weighted by Crippen LogP contribution is 2.38. The highest BCUT2D eigenvalue weighted by Gasteiger charge is 2.16. The number of hydrogen-bond acceptors (Lipinski definition) is 2. The Labute approximate surface area is 377 Å². The van der Waals surface area contributed by atoms with Crippen molar-refractivity contribution in [2.24, 2.45) is 0 Å². The van der Waals surface area contributed by atoms with E-state index < -0.39 is 0 Å². The maximum Gasteiger partial charge on any atom is 0.370 e. The molecule has 0 saturated carbocycles. The Kier molecular flexibility index (Phi) is 15.3. The summed E-state index contributed by atoms with van der Waals surface area (Å²) in [5.74, 6) is 0.